The Bertz CT molecular complexity index is 677. The summed E-state index contributed by atoms with van der Waals surface area (Å²) in [4.78, 5) is 0. The molecule has 0 aliphatic heterocycles. The van der Waals surface area contributed by atoms with Gasteiger partial charge in [0.05, 0.1) is 18.8 Å². The van der Waals surface area contributed by atoms with Gasteiger partial charge in [-0.3, -0.25) is 0 Å². The van der Waals surface area contributed by atoms with E-state index in [1.54, 1.807) is 0 Å². The van der Waals surface area contributed by atoms with Crippen molar-refractivity contribution >= 4 is 15.9 Å². The van der Waals surface area contributed by atoms with Crippen LogP contribution >= 0.6 is 15.9 Å². The van der Waals surface area contributed by atoms with E-state index in [9.17, 15) is 5.11 Å². The fourth-order valence-corrected chi connectivity index (χ4v) is 3.46. The van der Waals surface area contributed by atoms with E-state index < -0.39 is 6.10 Å². The van der Waals surface area contributed by atoms with Gasteiger partial charge in [0.1, 0.15) is 12.4 Å². The van der Waals surface area contributed by atoms with Crippen molar-refractivity contribution in [3.8, 4) is 5.75 Å². The molecule has 2 aromatic rings. The van der Waals surface area contributed by atoms with E-state index in [-0.39, 0.29) is 19.3 Å². The van der Waals surface area contributed by atoms with Crippen LogP contribution in [0, 0.1) is 0 Å². The van der Waals surface area contributed by atoms with Gasteiger partial charge in [-0.1, -0.05) is 46.3 Å². The maximum absolute atomic E-state index is 10.3. The normalized spacial score (nSPS) is 19.6. The highest BCUT2D eigenvalue weighted by Gasteiger charge is 2.30. The Kier molecular flexibility index (Phi) is 5.33. The summed E-state index contributed by atoms with van der Waals surface area (Å²) in [7, 11) is 0. The van der Waals surface area contributed by atoms with Crippen molar-refractivity contribution in [2.75, 3.05) is 13.2 Å². The van der Waals surface area contributed by atoms with Crippen LogP contribution in [0.25, 0.3) is 0 Å². The maximum atomic E-state index is 10.3. The van der Waals surface area contributed by atoms with Crippen LogP contribution < -0.4 is 10.1 Å². The largest absolute Gasteiger partial charge is 0.491 e. The molecule has 2 aromatic carbocycles. The van der Waals surface area contributed by atoms with Crippen LogP contribution in [-0.4, -0.2) is 29.5 Å². The molecular weight excluding hydrogens is 358 g/mol. The summed E-state index contributed by atoms with van der Waals surface area (Å²) in [5.41, 5.74) is 3.49. The average molecular weight is 378 g/mol. The van der Waals surface area contributed by atoms with Crippen LogP contribution in [0.1, 0.15) is 22.7 Å². The van der Waals surface area contributed by atoms with Crippen LogP contribution in [-0.2, 0) is 13.0 Å². The van der Waals surface area contributed by atoms with Gasteiger partial charge in [-0.15, -0.1) is 0 Å². The fraction of sp³-hybridized carbons (Fsp3) is 0.333. The van der Waals surface area contributed by atoms with E-state index in [2.05, 4.69) is 33.4 Å². The lowest BCUT2D eigenvalue weighted by atomic mass is 10.1. The molecule has 0 bridgehead atoms. The van der Waals surface area contributed by atoms with Crippen molar-refractivity contribution in [1.29, 1.82) is 0 Å². The van der Waals surface area contributed by atoms with E-state index in [1.165, 1.54) is 11.1 Å². The summed E-state index contributed by atoms with van der Waals surface area (Å²) >= 11 is 3.55. The third-order valence-corrected chi connectivity index (χ3v) is 4.84. The minimum absolute atomic E-state index is 0.0000958. The van der Waals surface area contributed by atoms with Gasteiger partial charge in [0.25, 0.3) is 0 Å². The lowest BCUT2D eigenvalue weighted by Gasteiger charge is -2.19. The number of aliphatic hydroxyl groups excluding tert-OH is 2. The van der Waals surface area contributed by atoms with Crippen molar-refractivity contribution in [2.45, 2.75) is 25.1 Å². The predicted molar refractivity (Wildman–Crippen MR) is 92.5 cm³/mol. The van der Waals surface area contributed by atoms with Crippen LogP contribution in [0.3, 0.4) is 0 Å². The number of hydrogen-bond acceptors (Lipinski definition) is 4. The first-order chi connectivity index (χ1) is 11.2. The highest BCUT2D eigenvalue weighted by molar-refractivity contribution is 9.10. The fourth-order valence-electron chi connectivity index (χ4n) is 2.96. The molecule has 0 saturated heterocycles. The minimum Gasteiger partial charge on any atom is -0.491 e. The molecule has 2 atom stereocenters. The minimum atomic E-state index is -0.390. The zero-order valence-electron chi connectivity index (χ0n) is 12.7. The molecule has 122 valence electrons. The molecule has 0 spiro atoms. The topological polar surface area (TPSA) is 61.7 Å². The van der Waals surface area contributed by atoms with E-state index in [0.717, 1.165) is 15.8 Å². The van der Waals surface area contributed by atoms with Gasteiger partial charge in [0.15, 0.2) is 0 Å². The molecule has 1 aliphatic rings. The maximum Gasteiger partial charge on any atom is 0.120 e. The van der Waals surface area contributed by atoms with E-state index in [0.29, 0.717) is 13.0 Å². The number of benzene rings is 2. The number of ether oxygens (including phenoxy) is 1. The molecule has 23 heavy (non-hydrogen) atoms. The third-order valence-electron chi connectivity index (χ3n) is 4.10. The van der Waals surface area contributed by atoms with Crippen molar-refractivity contribution in [3.05, 3.63) is 63.6 Å². The molecule has 4 nitrogen and oxygen atoms in total. The Labute approximate surface area is 144 Å². The van der Waals surface area contributed by atoms with Crippen LogP contribution in [0.4, 0.5) is 0 Å². The van der Waals surface area contributed by atoms with Crippen LogP contribution in [0.2, 0.25) is 0 Å². The number of fused-ring (bicyclic) bond motifs is 1. The second kappa shape index (κ2) is 7.45. The Morgan fingerprint density at radius 1 is 1.22 bits per heavy atom. The van der Waals surface area contributed by atoms with E-state index in [1.807, 2.05) is 30.3 Å². The van der Waals surface area contributed by atoms with Crippen molar-refractivity contribution in [3.63, 3.8) is 0 Å². The first-order valence-electron chi connectivity index (χ1n) is 7.70. The summed E-state index contributed by atoms with van der Waals surface area (Å²) in [6.07, 6.45) is 0.307. The first kappa shape index (κ1) is 16.5. The Morgan fingerprint density at radius 3 is 2.83 bits per heavy atom. The van der Waals surface area contributed by atoms with Gasteiger partial charge >= 0.3 is 0 Å². The molecule has 1 aliphatic carbocycles. The predicted octanol–water partition coefficient (Wildman–Crippen LogP) is 2.57. The molecule has 0 unspecified atom stereocenters. The van der Waals surface area contributed by atoms with Gasteiger partial charge in [-0.25, -0.2) is 0 Å². The summed E-state index contributed by atoms with van der Waals surface area (Å²) in [6, 6.07) is 13.9. The van der Waals surface area contributed by atoms with Gasteiger partial charge in [0.2, 0.25) is 0 Å². The zero-order valence-corrected chi connectivity index (χ0v) is 14.3. The van der Waals surface area contributed by atoms with Crippen molar-refractivity contribution in [2.24, 2.45) is 0 Å². The number of nitrogens with one attached hydrogen (secondary N) is 1. The highest BCUT2D eigenvalue weighted by atomic mass is 79.9. The van der Waals surface area contributed by atoms with Crippen LogP contribution in [0.5, 0.6) is 5.75 Å². The molecule has 0 heterocycles. The Hall–Kier alpha value is -1.40. The summed E-state index contributed by atoms with van der Waals surface area (Å²) in [6.45, 7) is 0.936. The van der Waals surface area contributed by atoms with E-state index >= 15 is 0 Å². The second-order valence-electron chi connectivity index (χ2n) is 5.65. The van der Waals surface area contributed by atoms with Crippen LogP contribution in [0.15, 0.2) is 46.9 Å². The quantitative estimate of drug-likeness (QED) is 0.723. The summed E-state index contributed by atoms with van der Waals surface area (Å²) in [5, 5.41) is 22.5. The van der Waals surface area contributed by atoms with Crippen molar-refractivity contribution < 1.29 is 14.9 Å². The molecule has 0 amide bonds. The molecule has 3 rings (SSSR count). The smallest absolute Gasteiger partial charge is 0.120 e. The Balaban J connectivity index is 1.67. The number of rotatable bonds is 6. The highest BCUT2D eigenvalue weighted by Crippen LogP contribution is 2.32. The van der Waals surface area contributed by atoms with Gasteiger partial charge in [-0.2, -0.15) is 0 Å². The standard InChI is InChI=1S/C18H20BrNO3/c19-16-10-14(23-8-7-21)6-5-13(16)11-20-18-15-4-2-1-3-12(15)9-17(18)22/h1-6,10,17-18,20-22H,7-9,11H2/t17-,18+/m0/s1. The molecule has 0 radical (unpaired) electrons. The van der Waals surface area contributed by atoms with Crippen molar-refractivity contribution in [1.82, 2.24) is 5.32 Å². The SMILES string of the molecule is OCCOc1ccc(CN[C@@H]2c3ccccc3C[C@@H]2O)c(Br)c1. The lowest BCUT2D eigenvalue weighted by Crippen LogP contribution is -2.28. The second-order valence-corrected chi connectivity index (χ2v) is 6.51. The monoisotopic (exact) mass is 377 g/mol. The number of hydrogen-bond donors (Lipinski definition) is 3. The summed E-state index contributed by atoms with van der Waals surface area (Å²) in [5.74, 6) is 0.723. The third kappa shape index (κ3) is 3.75. The molecule has 0 saturated carbocycles. The lowest BCUT2D eigenvalue weighted by molar-refractivity contribution is 0.140. The average Bonchev–Trinajstić information content (AvgIpc) is 2.87. The van der Waals surface area contributed by atoms with Gasteiger partial charge in [0, 0.05) is 17.4 Å². The summed E-state index contributed by atoms with van der Waals surface area (Å²) < 4.78 is 6.34. The zero-order chi connectivity index (χ0) is 16.2. The van der Waals surface area contributed by atoms with E-state index in [4.69, 9.17) is 9.84 Å². The number of aliphatic hydroxyl groups is 2. The molecule has 0 fully saturated rings. The molecule has 3 N–H and O–H groups in total. The van der Waals surface area contributed by atoms with Gasteiger partial charge in [-0.05, 0) is 28.8 Å². The molecular formula is C18H20BrNO3. The molecule has 0 aromatic heterocycles. The number of halogens is 1. The molecule has 5 heteroatoms. The Morgan fingerprint density at radius 2 is 2.04 bits per heavy atom. The van der Waals surface area contributed by atoms with Gasteiger partial charge < -0.3 is 20.3 Å². The first-order valence-corrected chi connectivity index (χ1v) is 8.49.